The zero-order valence-electron chi connectivity index (χ0n) is 26.1. The van der Waals surface area contributed by atoms with Gasteiger partial charge in [-0.05, 0) is 72.5 Å². The maximum atomic E-state index is 12.5. The van der Waals surface area contributed by atoms with Crippen molar-refractivity contribution in [2.75, 3.05) is 62.3 Å². The molecule has 0 atom stereocenters. The first-order valence-corrected chi connectivity index (χ1v) is 16.6. The van der Waals surface area contributed by atoms with E-state index in [1.807, 2.05) is 69.3 Å². The van der Waals surface area contributed by atoms with E-state index in [1.54, 1.807) is 28.8 Å². The molecule has 1 heterocycles. The first-order valence-electron chi connectivity index (χ1n) is 15.0. The summed E-state index contributed by atoms with van der Waals surface area (Å²) in [5.74, 6) is 0. The highest BCUT2D eigenvalue weighted by Gasteiger charge is 2.17. The molecule has 0 spiro atoms. The Morgan fingerprint density at radius 2 is 1.87 bits per heavy atom. The zero-order chi connectivity index (χ0) is 32.0. The van der Waals surface area contributed by atoms with E-state index in [4.69, 9.17) is 15.5 Å². The largest absolute Gasteiger partial charge is 0.398 e. The minimum absolute atomic E-state index is 0.356. The fourth-order valence-corrected chi connectivity index (χ4v) is 6.46. The Morgan fingerprint density at radius 3 is 2.58 bits per heavy atom. The lowest BCUT2D eigenvalue weighted by atomic mass is 10.2. The number of nitrogens with one attached hydrogen (secondary N) is 2. The molecule has 0 aliphatic carbocycles. The van der Waals surface area contributed by atoms with Gasteiger partial charge in [-0.3, -0.25) is 14.6 Å². The Kier molecular flexibility index (Phi) is 13.2. The summed E-state index contributed by atoms with van der Waals surface area (Å²) < 4.78 is 5.45. The number of morpholine rings is 1. The number of thioether (sulfide) groups is 2. The number of allylic oxidation sites excluding steroid dienone is 2. The van der Waals surface area contributed by atoms with Gasteiger partial charge < -0.3 is 21.1 Å². The minimum Gasteiger partial charge on any atom is -0.398 e. The van der Waals surface area contributed by atoms with Crippen molar-refractivity contribution in [3.8, 4) is 6.07 Å². The van der Waals surface area contributed by atoms with Crippen LogP contribution < -0.4 is 16.4 Å². The summed E-state index contributed by atoms with van der Waals surface area (Å²) in [6, 6.07) is 23.4. The van der Waals surface area contributed by atoms with Gasteiger partial charge in [-0.25, -0.2) is 4.99 Å². The second-order valence-corrected chi connectivity index (χ2v) is 12.9. The summed E-state index contributed by atoms with van der Waals surface area (Å²) in [6.45, 7) is 12.4. The second kappa shape index (κ2) is 17.5. The van der Waals surface area contributed by atoms with Gasteiger partial charge >= 0.3 is 0 Å². The SMILES string of the molecule is CCNc1ccc(C#N)cc1N=C(S/C(C)=C(/C)Sc1cc(NCCN2CCOCC2)ccc1N)N(C=O)Cc1ccccc1. The van der Waals surface area contributed by atoms with Crippen LogP contribution in [-0.2, 0) is 16.1 Å². The predicted molar refractivity (Wildman–Crippen MR) is 189 cm³/mol. The van der Waals surface area contributed by atoms with Crippen LogP contribution in [0.25, 0.3) is 0 Å². The number of amidine groups is 1. The second-order valence-electron chi connectivity index (χ2n) is 10.4. The van der Waals surface area contributed by atoms with Crippen molar-refractivity contribution in [3.05, 3.63) is 87.7 Å². The standard InChI is InChI=1S/C34H41N7O2S2/c1-4-37-31-13-10-28(22-35)20-32(31)39-34(41(24-42)23-27-8-6-5-7-9-27)45-26(3)25(2)44-33-21-29(11-12-30(33)36)38-14-15-40-16-18-43-19-17-40/h5-13,20-21,24,37-38H,4,14-19,23,36H2,1-3H3/b26-25-,39-34?. The van der Waals surface area contributed by atoms with E-state index >= 15 is 0 Å². The third-order valence-corrected chi connectivity index (χ3v) is 9.59. The highest BCUT2D eigenvalue weighted by Crippen LogP contribution is 2.38. The quantitative estimate of drug-likeness (QED) is 0.0612. The number of carbonyl (C=O) groups is 1. The van der Waals surface area contributed by atoms with Gasteiger partial charge in [0.2, 0.25) is 6.41 Å². The third kappa shape index (κ3) is 10.3. The van der Waals surface area contributed by atoms with Gasteiger partial charge in [0.25, 0.3) is 0 Å². The number of rotatable bonds is 13. The van der Waals surface area contributed by atoms with Gasteiger partial charge in [0.15, 0.2) is 5.17 Å². The van der Waals surface area contributed by atoms with Crippen LogP contribution in [0.5, 0.6) is 0 Å². The molecule has 0 aromatic heterocycles. The molecule has 1 aliphatic rings. The molecule has 0 saturated carbocycles. The van der Waals surface area contributed by atoms with E-state index in [0.29, 0.717) is 35.2 Å². The lowest BCUT2D eigenvalue weighted by molar-refractivity contribution is -0.115. The van der Waals surface area contributed by atoms with Crippen molar-refractivity contribution in [1.29, 1.82) is 5.26 Å². The maximum absolute atomic E-state index is 12.5. The summed E-state index contributed by atoms with van der Waals surface area (Å²) in [7, 11) is 0. The number of benzene rings is 3. The molecule has 45 heavy (non-hydrogen) atoms. The summed E-state index contributed by atoms with van der Waals surface area (Å²) >= 11 is 3.01. The molecule has 4 N–H and O–H groups in total. The number of ether oxygens (including phenoxy) is 1. The van der Waals surface area contributed by atoms with Crippen LogP contribution in [0.1, 0.15) is 31.9 Å². The van der Waals surface area contributed by atoms with E-state index in [1.165, 1.54) is 11.8 Å². The van der Waals surface area contributed by atoms with Gasteiger partial charge in [0.1, 0.15) is 0 Å². The van der Waals surface area contributed by atoms with Crippen molar-refractivity contribution in [3.63, 3.8) is 0 Å². The normalized spacial score (nSPS) is 14.3. The van der Waals surface area contributed by atoms with Gasteiger partial charge in [0.05, 0.1) is 42.8 Å². The van der Waals surface area contributed by atoms with Gasteiger partial charge in [-0.15, -0.1) is 0 Å². The molecule has 0 radical (unpaired) electrons. The number of amides is 1. The van der Waals surface area contributed by atoms with E-state index in [2.05, 4.69) is 27.7 Å². The van der Waals surface area contributed by atoms with E-state index in [-0.39, 0.29) is 0 Å². The Balaban J connectivity index is 1.58. The van der Waals surface area contributed by atoms with Crippen LogP contribution in [0.15, 0.2) is 86.4 Å². The summed E-state index contributed by atoms with van der Waals surface area (Å²) in [4.78, 5) is 24.4. The smallest absolute Gasteiger partial charge is 0.216 e. The minimum atomic E-state index is 0.356. The predicted octanol–water partition coefficient (Wildman–Crippen LogP) is 6.74. The monoisotopic (exact) mass is 643 g/mol. The van der Waals surface area contributed by atoms with Crippen LogP contribution in [-0.4, -0.2) is 67.3 Å². The van der Waals surface area contributed by atoms with Crippen LogP contribution in [0.3, 0.4) is 0 Å². The molecule has 3 aromatic rings. The highest BCUT2D eigenvalue weighted by atomic mass is 32.2. The van der Waals surface area contributed by atoms with Crippen molar-refractivity contribution in [2.24, 2.45) is 4.99 Å². The Bertz CT molecular complexity index is 1530. The van der Waals surface area contributed by atoms with E-state index in [9.17, 15) is 10.1 Å². The van der Waals surface area contributed by atoms with Crippen molar-refractivity contribution in [1.82, 2.24) is 9.80 Å². The van der Waals surface area contributed by atoms with Crippen LogP contribution >= 0.6 is 23.5 Å². The summed E-state index contributed by atoms with van der Waals surface area (Å²) in [6.07, 6.45) is 0.805. The molecule has 1 aliphatic heterocycles. The van der Waals surface area contributed by atoms with Crippen LogP contribution in [0, 0.1) is 11.3 Å². The Morgan fingerprint density at radius 1 is 1.09 bits per heavy atom. The molecule has 3 aromatic carbocycles. The van der Waals surface area contributed by atoms with E-state index < -0.39 is 0 Å². The fraction of sp³-hybridized carbons (Fsp3) is 0.324. The number of nitrogen functional groups attached to an aromatic ring is 1. The number of anilines is 3. The maximum Gasteiger partial charge on any atom is 0.216 e. The zero-order valence-corrected chi connectivity index (χ0v) is 27.7. The molecule has 9 nitrogen and oxygen atoms in total. The number of nitriles is 1. The number of carbonyl (C=O) groups excluding carboxylic acids is 1. The van der Waals surface area contributed by atoms with Crippen molar-refractivity contribution >= 4 is 57.9 Å². The van der Waals surface area contributed by atoms with Gasteiger partial charge in [0, 0.05) is 49.0 Å². The first-order chi connectivity index (χ1) is 21.9. The van der Waals surface area contributed by atoms with Gasteiger partial charge in [-0.1, -0.05) is 53.9 Å². The molecule has 1 amide bonds. The Hall–Kier alpha value is -3.95. The van der Waals surface area contributed by atoms with E-state index in [0.717, 1.165) is 77.4 Å². The number of nitrogens with two attached hydrogens (primary N) is 1. The molecular weight excluding hydrogens is 603 g/mol. The van der Waals surface area contributed by atoms with Crippen LogP contribution in [0.4, 0.5) is 22.7 Å². The lowest BCUT2D eigenvalue weighted by Crippen LogP contribution is -2.39. The molecule has 11 heteroatoms. The molecule has 4 rings (SSSR count). The topological polar surface area (TPSA) is 119 Å². The fourth-order valence-electron chi connectivity index (χ4n) is 4.57. The summed E-state index contributed by atoms with van der Waals surface area (Å²) in [5, 5.41) is 16.9. The number of hydrogen-bond donors (Lipinski definition) is 3. The van der Waals surface area contributed by atoms with Gasteiger partial charge in [-0.2, -0.15) is 5.26 Å². The molecular formula is C34H41N7O2S2. The molecule has 1 fully saturated rings. The molecule has 0 unspecified atom stereocenters. The Labute approximate surface area is 274 Å². The lowest BCUT2D eigenvalue weighted by Gasteiger charge is -2.26. The highest BCUT2D eigenvalue weighted by molar-refractivity contribution is 8.17. The van der Waals surface area contributed by atoms with Crippen LogP contribution in [0.2, 0.25) is 0 Å². The number of aliphatic imine (C=N–C) groups is 1. The average molecular weight is 644 g/mol. The third-order valence-electron chi connectivity index (χ3n) is 7.16. The molecule has 1 saturated heterocycles. The van der Waals surface area contributed by atoms with Crippen molar-refractivity contribution < 1.29 is 9.53 Å². The molecule has 236 valence electrons. The molecule has 0 bridgehead atoms. The number of nitrogens with zero attached hydrogens (tertiary/aromatic N) is 4. The number of hydrogen-bond acceptors (Lipinski definition) is 10. The average Bonchev–Trinajstić information content (AvgIpc) is 3.06. The first kappa shape index (κ1) is 33.9. The summed E-state index contributed by atoms with van der Waals surface area (Å²) in [5.41, 5.74) is 11.0. The van der Waals surface area contributed by atoms with Crippen molar-refractivity contribution in [2.45, 2.75) is 32.2 Å².